The van der Waals surface area contributed by atoms with Gasteiger partial charge in [-0.25, -0.2) is 4.98 Å². The summed E-state index contributed by atoms with van der Waals surface area (Å²) < 4.78 is 2.18. The number of aromatic nitrogens is 3. The number of aliphatic hydroxyl groups is 1. The molecule has 0 radical (unpaired) electrons. The highest BCUT2D eigenvalue weighted by atomic mass is 16.2. The molecule has 3 heterocycles. The van der Waals surface area contributed by atoms with E-state index >= 15 is 0 Å². The minimum atomic E-state index is 0.0434. The predicted octanol–water partition coefficient (Wildman–Crippen LogP) is 5.90. The first-order valence-corrected chi connectivity index (χ1v) is 10.8. The van der Waals surface area contributed by atoms with Gasteiger partial charge in [-0.2, -0.15) is 0 Å². The molecule has 0 atom stereocenters. The number of aryl methyl sites for hydroxylation is 3. The second-order valence-electron chi connectivity index (χ2n) is 7.87. The van der Waals surface area contributed by atoms with Crippen molar-refractivity contribution < 1.29 is 5.11 Å². The van der Waals surface area contributed by atoms with Gasteiger partial charge in [-0.05, 0) is 67.5 Å². The van der Waals surface area contributed by atoms with Crippen molar-refractivity contribution in [3.05, 3.63) is 53.0 Å². The monoisotopic (exact) mass is 391 g/mol. The maximum atomic E-state index is 9.41. The third-order valence-corrected chi connectivity index (χ3v) is 5.59. The Morgan fingerprint density at radius 1 is 1.14 bits per heavy atom. The first-order chi connectivity index (χ1) is 13.9. The Hall–Kier alpha value is -2.46. The van der Waals surface area contributed by atoms with Gasteiger partial charge >= 0.3 is 0 Å². The molecule has 3 aromatic heterocycles. The van der Waals surface area contributed by atoms with E-state index in [2.05, 4.69) is 70.5 Å². The zero-order valence-electron chi connectivity index (χ0n) is 18.6. The third-order valence-electron chi connectivity index (χ3n) is 5.59. The first kappa shape index (κ1) is 21.3. The van der Waals surface area contributed by atoms with Crippen molar-refractivity contribution in [3.63, 3.8) is 0 Å². The molecule has 0 aromatic carbocycles. The number of fused-ring (bicyclic) bond motifs is 1. The Balaban J connectivity index is 2.26. The van der Waals surface area contributed by atoms with Crippen molar-refractivity contribution in [3.8, 4) is 11.3 Å². The summed E-state index contributed by atoms with van der Waals surface area (Å²) in [6.45, 7) is 13.0. The van der Waals surface area contributed by atoms with E-state index in [0.29, 0.717) is 5.92 Å². The van der Waals surface area contributed by atoms with Crippen LogP contribution in [0.1, 0.15) is 69.5 Å². The number of aliphatic hydroxyl groups excluding tert-OH is 1. The molecule has 4 heteroatoms. The smallest absolute Gasteiger partial charge is 0.0921 e. The lowest BCUT2D eigenvalue weighted by atomic mass is 9.98. The van der Waals surface area contributed by atoms with Gasteiger partial charge in [-0.15, -0.1) is 0 Å². The second-order valence-corrected chi connectivity index (χ2v) is 7.87. The van der Waals surface area contributed by atoms with Crippen LogP contribution < -0.4 is 0 Å². The summed E-state index contributed by atoms with van der Waals surface area (Å²) in [6, 6.07) is 6.60. The third kappa shape index (κ3) is 3.99. The molecule has 0 unspecified atom stereocenters. The number of pyridine rings is 2. The summed E-state index contributed by atoms with van der Waals surface area (Å²) in [6.07, 6.45) is 6.66. The van der Waals surface area contributed by atoms with Gasteiger partial charge in [0.05, 0.1) is 23.3 Å². The van der Waals surface area contributed by atoms with Crippen LogP contribution in [0, 0.1) is 6.92 Å². The van der Waals surface area contributed by atoms with E-state index in [1.54, 1.807) is 0 Å². The predicted molar refractivity (Wildman–Crippen MR) is 122 cm³/mol. The molecule has 0 aliphatic rings. The highest BCUT2D eigenvalue weighted by Crippen LogP contribution is 2.32. The molecule has 154 valence electrons. The summed E-state index contributed by atoms with van der Waals surface area (Å²) in [5.74, 6) is 0.414. The molecular formula is C25H33N3O. The van der Waals surface area contributed by atoms with Crippen molar-refractivity contribution in [1.29, 1.82) is 0 Å². The summed E-state index contributed by atoms with van der Waals surface area (Å²) >= 11 is 0. The lowest BCUT2D eigenvalue weighted by Crippen LogP contribution is -2.03. The van der Waals surface area contributed by atoms with E-state index in [1.807, 2.05) is 6.08 Å². The fourth-order valence-electron chi connectivity index (χ4n) is 3.92. The molecule has 0 bridgehead atoms. The van der Waals surface area contributed by atoms with E-state index in [-0.39, 0.29) is 6.61 Å². The minimum absolute atomic E-state index is 0.0434. The van der Waals surface area contributed by atoms with Crippen LogP contribution in [0.3, 0.4) is 0 Å². The molecule has 0 spiro atoms. The van der Waals surface area contributed by atoms with Crippen molar-refractivity contribution >= 4 is 16.7 Å². The Morgan fingerprint density at radius 2 is 1.90 bits per heavy atom. The van der Waals surface area contributed by atoms with Gasteiger partial charge in [0.15, 0.2) is 0 Å². The van der Waals surface area contributed by atoms with Crippen LogP contribution in [-0.2, 0) is 12.8 Å². The number of rotatable bonds is 7. The second kappa shape index (κ2) is 8.91. The molecule has 0 amide bonds. The van der Waals surface area contributed by atoms with Crippen molar-refractivity contribution in [2.24, 2.45) is 0 Å². The average molecular weight is 392 g/mol. The SMILES string of the molecule is CC/C(=C/CO)n1cc(C)c2nc(-c3ccc(C(C)C)nc3CC)c(CC)cc21. The Morgan fingerprint density at radius 3 is 2.48 bits per heavy atom. The molecule has 0 aliphatic heterocycles. The molecule has 0 fully saturated rings. The number of hydrogen-bond acceptors (Lipinski definition) is 3. The zero-order valence-corrected chi connectivity index (χ0v) is 18.6. The first-order valence-electron chi connectivity index (χ1n) is 10.8. The van der Waals surface area contributed by atoms with Gasteiger partial charge in [0, 0.05) is 28.8 Å². The van der Waals surface area contributed by atoms with Crippen molar-refractivity contribution in [1.82, 2.24) is 14.5 Å². The summed E-state index contributed by atoms with van der Waals surface area (Å²) in [4.78, 5) is 10.1. The maximum Gasteiger partial charge on any atom is 0.0921 e. The normalized spacial score (nSPS) is 12.3. The van der Waals surface area contributed by atoms with Gasteiger partial charge in [-0.3, -0.25) is 4.98 Å². The fourth-order valence-corrected chi connectivity index (χ4v) is 3.92. The van der Waals surface area contributed by atoms with Crippen LogP contribution in [0.25, 0.3) is 28.0 Å². The van der Waals surface area contributed by atoms with Gasteiger partial charge in [0.25, 0.3) is 0 Å². The van der Waals surface area contributed by atoms with Crippen molar-refractivity contribution in [2.75, 3.05) is 6.61 Å². The fraction of sp³-hybridized carbons (Fsp3) is 0.440. The van der Waals surface area contributed by atoms with Crippen molar-refractivity contribution in [2.45, 2.75) is 66.7 Å². The van der Waals surface area contributed by atoms with Crippen LogP contribution in [0.4, 0.5) is 0 Å². The van der Waals surface area contributed by atoms with Crippen LogP contribution >= 0.6 is 0 Å². The molecule has 1 N–H and O–H groups in total. The van der Waals surface area contributed by atoms with E-state index in [1.165, 1.54) is 5.56 Å². The van der Waals surface area contributed by atoms with Crippen LogP contribution in [0.2, 0.25) is 0 Å². The van der Waals surface area contributed by atoms with E-state index in [4.69, 9.17) is 9.97 Å². The standard InChI is InChI=1S/C25H33N3O/c1-7-18-14-23-24(17(6)15-28(23)19(8-2)12-13-29)27-25(18)20-10-11-22(16(4)5)26-21(20)9-3/h10-12,14-16,29H,7-9,13H2,1-6H3/b19-12-. The quantitative estimate of drug-likeness (QED) is 0.546. The van der Waals surface area contributed by atoms with Gasteiger partial charge in [0.2, 0.25) is 0 Å². The van der Waals surface area contributed by atoms with Gasteiger partial charge in [0.1, 0.15) is 0 Å². The molecule has 3 rings (SSSR count). The topological polar surface area (TPSA) is 50.9 Å². The minimum Gasteiger partial charge on any atom is -0.392 e. The Kier molecular flexibility index (Phi) is 6.53. The number of hydrogen-bond donors (Lipinski definition) is 1. The average Bonchev–Trinajstić information content (AvgIpc) is 3.05. The molecule has 0 saturated heterocycles. The number of allylic oxidation sites excluding steroid dienone is 1. The largest absolute Gasteiger partial charge is 0.392 e. The van der Waals surface area contributed by atoms with E-state index < -0.39 is 0 Å². The van der Waals surface area contributed by atoms with E-state index in [9.17, 15) is 5.11 Å². The molecule has 3 aromatic rings. The zero-order chi connectivity index (χ0) is 21.1. The highest BCUT2D eigenvalue weighted by molar-refractivity contribution is 5.87. The lowest BCUT2D eigenvalue weighted by Gasteiger charge is -2.15. The van der Waals surface area contributed by atoms with Gasteiger partial charge in [-0.1, -0.05) is 34.6 Å². The molecular weight excluding hydrogens is 358 g/mol. The molecule has 0 aliphatic carbocycles. The Bertz CT molecular complexity index is 1040. The van der Waals surface area contributed by atoms with E-state index in [0.717, 1.165) is 64.2 Å². The van der Waals surface area contributed by atoms with Crippen LogP contribution in [-0.4, -0.2) is 26.2 Å². The summed E-state index contributed by atoms with van der Waals surface area (Å²) in [5, 5.41) is 9.41. The maximum absolute atomic E-state index is 9.41. The van der Waals surface area contributed by atoms with Gasteiger partial charge < -0.3 is 9.67 Å². The Labute approximate surface area is 174 Å². The molecule has 29 heavy (non-hydrogen) atoms. The lowest BCUT2D eigenvalue weighted by molar-refractivity contribution is 0.342. The number of nitrogens with zero attached hydrogens (tertiary/aromatic N) is 3. The molecule has 4 nitrogen and oxygen atoms in total. The highest BCUT2D eigenvalue weighted by Gasteiger charge is 2.17. The van der Waals surface area contributed by atoms with Crippen LogP contribution in [0.5, 0.6) is 0 Å². The summed E-state index contributed by atoms with van der Waals surface area (Å²) in [7, 11) is 0. The summed E-state index contributed by atoms with van der Waals surface area (Å²) in [5.41, 5.74) is 10.0. The molecule has 0 saturated carbocycles. The van der Waals surface area contributed by atoms with Crippen LogP contribution in [0.15, 0.2) is 30.5 Å².